The normalized spacial score (nSPS) is 19.4. The van der Waals surface area contributed by atoms with Crippen LogP contribution in [0.4, 0.5) is 0 Å². The largest absolute Gasteiger partial charge is 0.392 e. The number of halogens is 1. The first-order valence-electron chi connectivity index (χ1n) is 5.30. The second-order valence-electron chi connectivity index (χ2n) is 3.95. The van der Waals surface area contributed by atoms with Crippen molar-refractivity contribution in [3.05, 3.63) is 28.5 Å². The zero-order valence-electron chi connectivity index (χ0n) is 9.10. The maximum atomic E-state index is 12.3. The van der Waals surface area contributed by atoms with Crippen LogP contribution >= 0.6 is 28.1 Å². The van der Waals surface area contributed by atoms with Gasteiger partial charge in [-0.15, -0.1) is 0 Å². The van der Waals surface area contributed by atoms with Gasteiger partial charge < -0.3 is 10.6 Å². The summed E-state index contributed by atoms with van der Waals surface area (Å²) in [6.45, 7) is 0.702. The third-order valence-corrected chi connectivity index (χ3v) is 3.50. The van der Waals surface area contributed by atoms with Gasteiger partial charge >= 0.3 is 0 Å². The molecule has 1 amide bonds. The zero-order valence-corrected chi connectivity index (χ0v) is 11.5. The van der Waals surface area contributed by atoms with E-state index in [9.17, 15) is 4.79 Å². The van der Waals surface area contributed by atoms with E-state index in [-0.39, 0.29) is 11.9 Å². The van der Waals surface area contributed by atoms with E-state index in [4.69, 9.17) is 18.0 Å². The molecule has 0 saturated carbocycles. The van der Waals surface area contributed by atoms with Crippen molar-refractivity contribution in [1.29, 1.82) is 0 Å². The number of aromatic nitrogens is 1. The predicted molar refractivity (Wildman–Crippen MR) is 72.8 cm³/mol. The summed E-state index contributed by atoms with van der Waals surface area (Å²) in [7, 11) is 0. The van der Waals surface area contributed by atoms with Gasteiger partial charge in [-0.1, -0.05) is 12.2 Å². The van der Waals surface area contributed by atoms with Crippen molar-refractivity contribution >= 4 is 39.0 Å². The lowest BCUT2D eigenvalue weighted by molar-refractivity contribution is 0.0770. The summed E-state index contributed by atoms with van der Waals surface area (Å²) < 4.78 is 0.787. The van der Waals surface area contributed by atoms with Gasteiger partial charge in [-0.05, 0) is 34.8 Å². The zero-order chi connectivity index (χ0) is 12.4. The van der Waals surface area contributed by atoms with E-state index in [1.54, 1.807) is 23.4 Å². The van der Waals surface area contributed by atoms with Gasteiger partial charge in [-0.3, -0.25) is 9.78 Å². The standard InChI is InChI=1S/C11H12BrN3OS/c12-8-4-7(5-14-6-8)11(16)15-3-1-2-9(15)10(13)17/h4-6,9H,1-3H2,(H2,13,17). The third kappa shape index (κ3) is 2.63. The minimum absolute atomic E-state index is 0.0610. The van der Waals surface area contributed by atoms with Crippen LogP contribution in [0, 0.1) is 0 Å². The van der Waals surface area contributed by atoms with Crippen LogP contribution in [-0.4, -0.2) is 33.4 Å². The van der Waals surface area contributed by atoms with E-state index in [2.05, 4.69) is 20.9 Å². The second-order valence-corrected chi connectivity index (χ2v) is 5.34. The molecule has 2 heterocycles. The van der Waals surface area contributed by atoms with E-state index in [1.807, 2.05) is 0 Å². The highest BCUT2D eigenvalue weighted by atomic mass is 79.9. The lowest BCUT2D eigenvalue weighted by Crippen LogP contribution is -2.42. The number of hydrogen-bond acceptors (Lipinski definition) is 3. The molecule has 90 valence electrons. The summed E-state index contributed by atoms with van der Waals surface area (Å²) in [5.41, 5.74) is 6.20. The van der Waals surface area contributed by atoms with Crippen molar-refractivity contribution in [3.63, 3.8) is 0 Å². The molecule has 1 aliphatic rings. The number of pyridine rings is 1. The topological polar surface area (TPSA) is 59.2 Å². The number of nitrogens with two attached hydrogens (primary N) is 1. The lowest BCUT2D eigenvalue weighted by Gasteiger charge is -2.23. The summed E-state index contributed by atoms with van der Waals surface area (Å²) in [5.74, 6) is -0.0610. The summed E-state index contributed by atoms with van der Waals surface area (Å²) in [6, 6.07) is 1.64. The van der Waals surface area contributed by atoms with Crippen molar-refractivity contribution in [1.82, 2.24) is 9.88 Å². The molecule has 1 unspecified atom stereocenters. The molecule has 1 aliphatic heterocycles. The molecule has 0 aromatic carbocycles. The van der Waals surface area contributed by atoms with Crippen molar-refractivity contribution in [3.8, 4) is 0 Å². The van der Waals surface area contributed by atoms with Crippen LogP contribution < -0.4 is 5.73 Å². The summed E-state index contributed by atoms with van der Waals surface area (Å²) >= 11 is 8.29. The van der Waals surface area contributed by atoms with Gasteiger partial charge in [0, 0.05) is 23.4 Å². The molecule has 2 rings (SSSR count). The average molecular weight is 314 g/mol. The van der Waals surface area contributed by atoms with Gasteiger partial charge in [0.15, 0.2) is 0 Å². The van der Waals surface area contributed by atoms with Gasteiger partial charge in [0.1, 0.15) is 0 Å². The number of carbonyl (C=O) groups is 1. The number of rotatable bonds is 2. The number of likely N-dealkylation sites (tertiary alicyclic amines) is 1. The molecule has 1 fully saturated rings. The number of nitrogens with zero attached hydrogens (tertiary/aromatic N) is 2. The Morgan fingerprint density at radius 2 is 2.35 bits per heavy atom. The maximum absolute atomic E-state index is 12.3. The quantitative estimate of drug-likeness (QED) is 0.845. The van der Waals surface area contributed by atoms with Crippen molar-refractivity contribution < 1.29 is 4.79 Å². The average Bonchev–Trinajstić information content (AvgIpc) is 2.77. The number of thiocarbonyl (C=S) groups is 1. The van der Waals surface area contributed by atoms with Gasteiger partial charge in [-0.2, -0.15) is 0 Å². The Labute approximate surface area is 113 Å². The van der Waals surface area contributed by atoms with Crippen LogP contribution in [0.2, 0.25) is 0 Å². The van der Waals surface area contributed by atoms with Crippen molar-refractivity contribution in [2.45, 2.75) is 18.9 Å². The van der Waals surface area contributed by atoms with E-state index in [1.165, 1.54) is 0 Å². The Bertz CT molecular complexity index is 466. The van der Waals surface area contributed by atoms with Gasteiger partial charge in [-0.25, -0.2) is 0 Å². The summed E-state index contributed by atoms with van der Waals surface area (Å²) in [5, 5.41) is 0. The number of amides is 1. The van der Waals surface area contributed by atoms with Gasteiger partial charge in [0.05, 0.1) is 16.6 Å². The molecule has 1 atom stereocenters. The molecule has 0 spiro atoms. The molecule has 0 bridgehead atoms. The lowest BCUT2D eigenvalue weighted by atomic mass is 10.2. The Hall–Kier alpha value is -1.01. The molecule has 1 aromatic heterocycles. The number of carbonyl (C=O) groups excluding carboxylic acids is 1. The molecule has 4 nitrogen and oxygen atoms in total. The monoisotopic (exact) mass is 313 g/mol. The van der Waals surface area contributed by atoms with Crippen LogP contribution in [0.15, 0.2) is 22.9 Å². The van der Waals surface area contributed by atoms with E-state index in [0.29, 0.717) is 17.1 Å². The molecule has 6 heteroatoms. The first kappa shape index (κ1) is 12.4. The first-order chi connectivity index (χ1) is 8.09. The van der Waals surface area contributed by atoms with Gasteiger partial charge in [0.25, 0.3) is 5.91 Å². The highest BCUT2D eigenvalue weighted by Gasteiger charge is 2.31. The SMILES string of the molecule is NC(=S)C1CCCN1C(=O)c1cncc(Br)c1. The Morgan fingerprint density at radius 1 is 1.59 bits per heavy atom. The minimum Gasteiger partial charge on any atom is -0.392 e. The maximum Gasteiger partial charge on any atom is 0.256 e. The molecule has 0 aliphatic carbocycles. The highest BCUT2D eigenvalue weighted by Crippen LogP contribution is 2.21. The van der Waals surface area contributed by atoms with E-state index >= 15 is 0 Å². The fourth-order valence-electron chi connectivity index (χ4n) is 2.00. The molecule has 0 radical (unpaired) electrons. The molecular formula is C11H12BrN3OS. The predicted octanol–water partition coefficient (Wildman–Crippen LogP) is 1.73. The third-order valence-electron chi connectivity index (χ3n) is 2.79. The van der Waals surface area contributed by atoms with Crippen molar-refractivity contribution in [2.75, 3.05) is 6.54 Å². The molecule has 2 N–H and O–H groups in total. The number of hydrogen-bond donors (Lipinski definition) is 1. The van der Waals surface area contributed by atoms with Crippen molar-refractivity contribution in [2.24, 2.45) is 5.73 Å². The Balaban J connectivity index is 2.23. The van der Waals surface area contributed by atoms with Crippen LogP contribution in [0.1, 0.15) is 23.2 Å². The molecule has 1 saturated heterocycles. The van der Waals surface area contributed by atoms with Crippen LogP contribution in [-0.2, 0) is 0 Å². The fraction of sp³-hybridized carbons (Fsp3) is 0.364. The van der Waals surface area contributed by atoms with E-state index < -0.39 is 0 Å². The molecular weight excluding hydrogens is 302 g/mol. The second kappa shape index (κ2) is 5.10. The fourth-order valence-corrected chi connectivity index (χ4v) is 2.61. The van der Waals surface area contributed by atoms with Crippen LogP contribution in [0.3, 0.4) is 0 Å². The summed E-state index contributed by atoms with van der Waals surface area (Å²) in [4.78, 5) is 18.4. The smallest absolute Gasteiger partial charge is 0.256 e. The summed E-state index contributed by atoms with van der Waals surface area (Å²) in [6.07, 6.45) is 4.99. The highest BCUT2D eigenvalue weighted by molar-refractivity contribution is 9.10. The Kier molecular flexibility index (Phi) is 3.73. The first-order valence-corrected chi connectivity index (χ1v) is 6.50. The Morgan fingerprint density at radius 3 is 3.00 bits per heavy atom. The van der Waals surface area contributed by atoms with Gasteiger partial charge in [0.2, 0.25) is 0 Å². The molecule has 1 aromatic rings. The molecule has 17 heavy (non-hydrogen) atoms. The van der Waals surface area contributed by atoms with E-state index in [0.717, 1.165) is 17.3 Å². The minimum atomic E-state index is -0.114. The van der Waals surface area contributed by atoms with Crippen LogP contribution in [0.5, 0.6) is 0 Å². The van der Waals surface area contributed by atoms with Crippen LogP contribution in [0.25, 0.3) is 0 Å².